The summed E-state index contributed by atoms with van der Waals surface area (Å²) < 4.78 is 5.54. The van der Waals surface area contributed by atoms with Crippen molar-refractivity contribution in [1.82, 2.24) is 10.3 Å². The number of hydrazine groups is 1. The zero-order valence-corrected chi connectivity index (χ0v) is 14.4. The highest BCUT2D eigenvalue weighted by Gasteiger charge is 2.43. The summed E-state index contributed by atoms with van der Waals surface area (Å²) in [6, 6.07) is 0.366. The third-order valence-corrected chi connectivity index (χ3v) is 5.99. The summed E-state index contributed by atoms with van der Waals surface area (Å²) in [6.07, 6.45) is 5.10. The van der Waals surface area contributed by atoms with E-state index in [-0.39, 0.29) is 5.54 Å². The van der Waals surface area contributed by atoms with E-state index in [4.69, 9.17) is 10.6 Å². The summed E-state index contributed by atoms with van der Waals surface area (Å²) in [5.41, 5.74) is 3.34. The van der Waals surface area contributed by atoms with Gasteiger partial charge in [-0.25, -0.2) is 0 Å². The van der Waals surface area contributed by atoms with Crippen molar-refractivity contribution in [2.24, 2.45) is 23.6 Å². The highest BCUT2D eigenvalue weighted by atomic mass is 16.5. The smallest absolute Gasteiger partial charge is 0.0594 e. The maximum atomic E-state index is 6.05. The second-order valence-corrected chi connectivity index (χ2v) is 7.63. The van der Waals surface area contributed by atoms with Crippen LogP contribution in [0.4, 0.5) is 0 Å². The molecule has 0 bridgehead atoms. The first-order valence-corrected chi connectivity index (χ1v) is 8.80. The maximum absolute atomic E-state index is 6.05. The van der Waals surface area contributed by atoms with Gasteiger partial charge in [0.25, 0.3) is 0 Å². The van der Waals surface area contributed by atoms with Gasteiger partial charge in [0, 0.05) is 24.7 Å². The maximum Gasteiger partial charge on any atom is 0.0594 e. The van der Waals surface area contributed by atoms with E-state index < -0.39 is 0 Å². The Morgan fingerprint density at radius 2 is 1.76 bits per heavy atom. The number of ether oxygens (including phenoxy) is 1. The van der Waals surface area contributed by atoms with E-state index >= 15 is 0 Å². The number of rotatable bonds is 5. The van der Waals surface area contributed by atoms with Crippen molar-refractivity contribution in [3.8, 4) is 0 Å². The average molecular weight is 297 g/mol. The molecule has 1 saturated heterocycles. The molecule has 4 nitrogen and oxygen atoms in total. The molecule has 2 fully saturated rings. The first-order chi connectivity index (χ1) is 10.0. The Morgan fingerprint density at radius 1 is 1.19 bits per heavy atom. The standard InChI is InChI=1S/C17H35N3O/c1-5-17(4,20-6-8-21-9-7-20)16(19-18)15-11-13(2)10-14(3)12-15/h13-16,19H,5-12,18H2,1-4H3. The average Bonchev–Trinajstić information content (AvgIpc) is 2.47. The predicted molar refractivity (Wildman–Crippen MR) is 87.9 cm³/mol. The molecule has 1 heterocycles. The normalized spacial score (nSPS) is 36.1. The Balaban J connectivity index is 2.15. The van der Waals surface area contributed by atoms with Crippen molar-refractivity contribution in [2.75, 3.05) is 26.3 Å². The molecule has 0 aromatic carbocycles. The first-order valence-electron chi connectivity index (χ1n) is 8.80. The van der Waals surface area contributed by atoms with Crippen LogP contribution in [-0.4, -0.2) is 42.8 Å². The molecule has 0 aromatic heterocycles. The molecule has 0 spiro atoms. The molecule has 4 heteroatoms. The Hall–Kier alpha value is -0.160. The highest BCUT2D eigenvalue weighted by Crippen LogP contribution is 2.39. The highest BCUT2D eigenvalue weighted by molar-refractivity contribution is 5.00. The predicted octanol–water partition coefficient (Wildman–Crippen LogP) is 2.39. The van der Waals surface area contributed by atoms with Gasteiger partial charge in [-0.05, 0) is 50.4 Å². The molecule has 2 aliphatic rings. The number of nitrogens with two attached hydrogens (primary N) is 1. The van der Waals surface area contributed by atoms with E-state index in [1.807, 2.05) is 0 Å². The van der Waals surface area contributed by atoms with E-state index in [9.17, 15) is 0 Å². The topological polar surface area (TPSA) is 50.5 Å². The van der Waals surface area contributed by atoms with Gasteiger partial charge in [-0.2, -0.15) is 0 Å². The van der Waals surface area contributed by atoms with Crippen molar-refractivity contribution < 1.29 is 4.74 Å². The van der Waals surface area contributed by atoms with Gasteiger partial charge < -0.3 is 4.74 Å². The lowest BCUT2D eigenvalue weighted by molar-refractivity contribution is -0.0473. The third kappa shape index (κ3) is 3.79. The third-order valence-electron chi connectivity index (χ3n) is 5.99. The van der Waals surface area contributed by atoms with Gasteiger partial charge in [-0.15, -0.1) is 0 Å². The Bertz CT molecular complexity index is 309. The molecule has 1 aliphatic heterocycles. The van der Waals surface area contributed by atoms with Gasteiger partial charge in [0.2, 0.25) is 0 Å². The van der Waals surface area contributed by atoms with Crippen LogP contribution in [0.3, 0.4) is 0 Å². The second kappa shape index (κ2) is 7.40. The van der Waals surface area contributed by atoms with Gasteiger partial charge in [-0.3, -0.25) is 16.2 Å². The van der Waals surface area contributed by atoms with E-state index in [0.29, 0.717) is 12.0 Å². The molecule has 3 N–H and O–H groups in total. The molecule has 1 saturated carbocycles. The van der Waals surface area contributed by atoms with Gasteiger partial charge in [0.1, 0.15) is 0 Å². The summed E-state index contributed by atoms with van der Waals surface area (Å²) in [5.74, 6) is 8.38. The van der Waals surface area contributed by atoms with E-state index in [1.54, 1.807) is 0 Å². The lowest BCUT2D eigenvalue weighted by atomic mass is 9.68. The van der Waals surface area contributed by atoms with Gasteiger partial charge in [0.05, 0.1) is 13.2 Å². The Labute approximate surface area is 130 Å². The lowest BCUT2D eigenvalue weighted by Gasteiger charge is -2.51. The van der Waals surface area contributed by atoms with Crippen LogP contribution in [0.1, 0.15) is 53.4 Å². The summed E-state index contributed by atoms with van der Waals surface area (Å²) in [7, 11) is 0. The first kappa shape index (κ1) is 17.2. The number of hydrogen-bond donors (Lipinski definition) is 2. The number of hydrogen-bond acceptors (Lipinski definition) is 4. The van der Waals surface area contributed by atoms with E-state index in [1.165, 1.54) is 19.3 Å². The van der Waals surface area contributed by atoms with Crippen molar-refractivity contribution in [2.45, 2.75) is 65.0 Å². The molecule has 2 rings (SSSR count). The Kier molecular flexibility index (Phi) is 6.06. The fourth-order valence-corrected chi connectivity index (χ4v) is 4.82. The minimum atomic E-state index is 0.125. The van der Waals surface area contributed by atoms with E-state index in [2.05, 4.69) is 38.0 Å². The van der Waals surface area contributed by atoms with Gasteiger partial charge in [-0.1, -0.05) is 20.8 Å². The van der Waals surface area contributed by atoms with Crippen LogP contribution in [0.5, 0.6) is 0 Å². The molecule has 0 amide bonds. The minimum absolute atomic E-state index is 0.125. The van der Waals surface area contributed by atoms with Crippen molar-refractivity contribution in [3.63, 3.8) is 0 Å². The van der Waals surface area contributed by atoms with Crippen LogP contribution in [0.2, 0.25) is 0 Å². The largest absolute Gasteiger partial charge is 0.379 e. The van der Waals surface area contributed by atoms with Gasteiger partial charge in [0.15, 0.2) is 0 Å². The number of nitrogens with one attached hydrogen (secondary N) is 1. The van der Waals surface area contributed by atoms with Crippen molar-refractivity contribution in [3.05, 3.63) is 0 Å². The summed E-state index contributed by atoms with van der Waals surface area (Å²) >= 11 is 0. The molecule has 124 valence electrons. The molecular weight excluding hydrogens is 262 g/mol. The minimum Gasteiger partial charge on any atom is -0.379 e. The zero-order valence-electron chi connectivity index (χ0n) is 14.4. The quantitative estimate of drug-likeness (QED) is 0.604. The zero-order chi connectivity index (χ0) is 15.5. The van der Waals surface area contributed by atoms with Crippen molar-refractivity contribution >= 4 is 0 Å². The molecule has 4 atom stereocenters. The number of nitrogens with zero attached hydrogens (tertiary/aromatic N) is 1. The van der Waals surface area contributed by atoms with Gasteiger partial charge >= 0.3 is 0 Å². The SMILES string of the molecule is CCC(C)(C(NN)C1CC(C)CC(C)C1)N1CCOCC1. The lowest BCUT2D eigenvalue weighted by Crippen LogP contribution is -2.65. The van der Waals surface area contributed by atoms with E-state index in [0.717, 1.165) is 44.6 Å². The van der Waals surface area contributed by atoms with Crippen LogP contribution in [-0.2, 0) is 4.74 Å². The summed E-state index contributed by atoms with van der Waals surface area (Å²) in [5, 5.41) is 0. The van der Waals surface area contributed by atoms with Crippen LogP contribution in [0, 0.1) is 17.8 Å². The molecule has 0 aromatic rings. The Morgan fingerprint density at radius 3 is 2.24 bits per heavy atom. The van der Waals surface area contributed by atoms with Crippen molar-refractivity contribution in [1.29, 1.82) is 0 Å². The molecule has 1 aliphatic carbocycles. The monoisotopic (exact) mass is 297 g/mol. The van der Waals surface area contributed by atoms with Crippen LogP contribution < -0.4 is 11.3 Å². The summed E-state index contributed by atoms with van der Waals surface area (Å²) in [6.45, 7) is 13.3. The van der Waals surface area contributed by atoms with Crippen LogP contribution in [0.25, 0.3) is 0 Å². The van der Waals surface area contributed by atoms with Crippen LogP contribution in [0.15, 0.2) is 0 Å². The fourth-order valence-electron chi connectivity index (χ4n) is 4.82. The number of morpholine rings is 1. The molecule has 4 unspecified atom stereocenters. The molecular formula is C17H35N3O. The second-order valence-electron chi connectivity index (χ2n) is 7.63. The fraction of sp³-hybridized carbons (Fsp3) is 1.00. The molecule has 0 radical (unpaired) electrons. The molecule has 21 heavy (non-hydrogen) atoms. The van der Waals surface area contributed by atoms with Crippen LogP contribution >= 0.6 is 0 Å². The summed E-state index contributed by atoms with van der Waals surface area (Å²) in [4.78, 5) is 2.60.